The molecule has 0 aliphatic carbocycles. The highest BCUT2D eigenvalue weighted by atomic mass is 19.1. The van der Waals surface area contributed by atoms with Gasteiger partial charge >= 0.3 is 0 Å². The van der Waals surface area contributed by atoms with E-state index in [0.29, 0.717) is 12.0 Å². The fourth-order valence-corrected chi connectivity index (χ4v) is 2.78. The summed E-state index contributed by atoms with van der Waals surface area (Å²) in [7, 11) is 5.23. The van der Waals surface area contributed by atoms with Crippen LogP contribution in [-0.4, -0.2) is 41.9 Å². The van der Waals surface area contributed by atoms with Crippen molar-refractivity contribution in [2.75, 3.05) is 20.6 Å². The van der Waals surface area contributed by atoms with E-state index in [1.54, 1.807) is 32.4 Å². The van der Waals surface area contributed by atoms with Crippen LogP contribution < -0.4 is 5.32 Å². The molecular weight excluding hydrogens is 321 g/mol. The summed E-state index contributed by atoms with van der Waals surface area (Å²) in [5.74, 6) is -0.997. The Labute approximate surface area is 147 Å². The Morgan fingerprint density at radius 2 is 1.84 bits per heavy atom. The maximum atomic E-state index is 13.1. The molecule has 2 rings (SSSR count). The summed E-state index contributed by atoms with van der Waals surface area (Å²) in [5.41, 5.74) is 2.33. The molecule has 0 aliphatic heterocycles. The second-order valence-electron chi connectivity index (χ2n) is 6.49. The Hall–Kier alpha value is -2.63. The van der Waals surface area contributed by atoms with Crippen LogP contribution in [0.1, 0.15) is 21.5 Å². The first kappa shape index (κ1) is 18.7. The van der Waals surface area contributed by atoms with Crippen LogP contribution in [0.25, 0.3) is 0 Å². The molecule has 134 valence electrons. The van der Waals surface area contributed by atoms with Crippen LogP contribution in [0.15, 0.2) is 36.7 Å². The normalized spacial score (nSPS) is 11.9. The molecule has 0 spiro atoms. The summed E-state index contributed by atoms with van der Waals surface area (Å²) in [6.07, 6.45) is 4.06. The lowest BCUT2D eigenvalue weighted by molar-refractivity contribution is -0.132. The van der Waals surface area contributed by atoms with Gasteiger partial charge in [-0.25, -0.2) is 4.39 Å². The van der Waals surface area contributed by atoms with Gasteiger partial charge in [0, 0.05) is 40.1 Å². The van der Waals surface area contributed by atoms with Crippen molar-refractivity contribution in [3.8, 4) is 0 Å². The highest BCUT2D eigenvalue weighted by Gasteiger charge is 2.22. The van der Waals surface area contributed by atoms with Crippen molar-refractivity contribution in [3.05, 3.63) is 59.2 Å². The first-order valence-corrected chi connectivity index (χ1v) is 8.14. The van der Waals surface area contributed by atoms with Gasteiger partial charge in [0.05, 0.1) is 11.5 Å². The number of carbonyl (C=O) groups excluding carboxylic acids is 2. The number of hydrogen-bond acceptors (Lipinski definition) is 2. The molecule has 0 radical (unpaired) electrons. The van der Waals surface area contributed by atoms with Crippen molar-refractivity contribution in [2.24, 2.45) is 13.0 Å². The van der Waals surface area contributed by atoms with Gasteiger partial charge < -0.3 is 14.8 Å². The molecule has 6 heteroatoms. The van der Waals surface area contributed by atoms with Gasteiger partial charge in [-0.2, -0.15) is 0 Å². The van der Waals surface area contributed by atoms with E-state index in [4.69, 9.17) is 0 Å². The van der Waals surface area contributed by atoms with E-state index in [0.717, 1.165) is 11.1 Å². The second kappa shape index (κ2) is 7.96. The Balaban J connectivity index is 2.08. The topological polar surface area (TPSA) is 54.3 Å². The van der Waals surface area contributed by atoms with Crippen molar-refractivity contribution < 1.29 is 14.0 Å². The molecule has 2 amide bonds. The van der Waals surface area contributed by atoms with E-state index in [1.807, 2.05) is 24.7 Å². The van der Waals surface area contributed by atoms with Crippen molar-refractivity contribution >= 4 is 11.8 Å². The van der Waals surface area contributed by atoms with Gasteiger partial charge in [-0.3, -0.25) is 9.59 Å². The van der Waals surface area contributed by atoms with Gasteiger partial charge in [-0.15, -0.1) is 0 Å². The Morgan fingerprint density at radius 3 is 2.36 bits per heavy atom. The summed E-state index contributed by atoms with van der Waals surface area (Å²) in [4.78, 5) is 26.3. The molecule has 0 aliphatic rings. The fraction of sp³-hybridized carbons (Fsp3) is 0.368. The molecular formula is C19H24FN3O2. The second-order valence-corrected chi connectivity index (χ2v) is 6.49. The summed E-state index contributed by atoms with van der Waals surface area (Å²) in [6.45, 7) is 2.09. The SMILES string of the molecule is Cc1cn(C)cc1C(=O)NCC(Cc1ccc(F)cc1)C(=O)N(C)C. The molecule has 2 aromatic rings. The molecule has 25 heavy (non-hydrogen) atoms. The van der Waals surface area contributed by atoms with Crippen molar-refractivity contribution in [1.82, 2.24) is 14.8 Å². The first-order chi connectivity index (χ1) is 11.8. The quantitative estimate of drug-likeness (QED) is 0.872. The summed E-state index contributed by atoms with van der Waals surface area (Å²) < 4.78 is 14.9. The van der Waals surface area contributed by atoms with Crippen LogP contribution in [0.2, 0.25) is 0 Å². The summed E-state index contributed by atoms with van der Waals surface area (Å²) in [6, 6.07) is 6.07. The molecule has 1 heterocycles. The van der Waals surface area contributed by atoms with E-state index in [9.17, 15) is 14.0 Å². The standard InChI is InChI=1S/C19H24FN3O2/c1-13-11-23(4)12-17(13)18(24)21-10-15(19(25)22(2)3)9-14-5-7-16(20)8-6-14/h5-8,11-12,15H,9-10H2,1-4H3,(H,21,24). The van der Waals surface area contributed by atoms with Crippen LogP contribution in [0.5, 0.6) is 0 Å². The van der Waals surface area contributed by atoms with Crippen LogP contribution in [-0.2, 0) is 18.3 Å². The molecule has 1 aromatic heterocycles. The van der Waals surface area contributed by atoms with Gasteiger partial charge in [-0.05, 0) is 36.6 Å². The minimum Gasteiger partial charge on any atom is -0.356 e. The number of carbonyl (C=O) groups is 2. The van der Waals surface area contributed by atoms with Gasteiger partial charge in [0.15, 0.2) is 0 Å². The van der Waals surface area contributed by atoms with E-state index < -0.39 is 5.92 Å². The number of halogens is 1. The van der Waals surface area contributed by atoms with E-state index in [2.05, 4.69) is 5.32 Å². The van der Waals surface area contributed by atoms with Gasteiger partial charge in [0.2, 0.25) is 5.91 Å². The largest absolute Gasteiger partial charge is 0.356 e. The highest BCUT2D eigenvalue weighted by Crippen LogP contribution is 2.13. The summed E-state index contributed by atoms with van der Waals surface area (Å²) >= 11 is 0. The highest BCUT2D eigenvalue weighted by molar-refractivity contribution is 5.95. The third-order valence-corrected chi connectivity index (χ3v) is 4.09. The van der Waals surface area contributed by atoms with Crippen molar-refractivity contribution in [2.45, 2.75) is 13.3 Å². The van der Waals surface area contributed by atoms with E-state index >= 15 is 0 Å². The zero-order chi connectivity index (χ0) is 18.6. The van der Waals surface area contributed by atoms with Crippen molar-refractivity contribution in [3.63, 3.8) is 0 Å². The minimum absolute atomic E-state index is 0.0746. The minimum atomic E-state index is -0.409. The number of rotatable bonds is 6. The van der Waals surface area contributed by atoms with Crippen LogP contribution in [0.3, 0.4) is 0 Å². The van der Waals surface area contributed by atoms with E-state index in [-0.39, 0.29) is 24.2 Å². The van der Waals surface area contributed by atoms with Crippen LogP contribution in [0, 0.1) is 18.7 Å². The third kappa shape index (κ3) is 4.92. The number of amides is 2. The molecule has 1 atom stereocenters. The monoisotopic (exact) mass is 345 g/mol. The molecule has 0 fully saturated rings. The number of aryl methyl sites for hydroxylation is 2. The lowest BCUT2D eigenvalue weighted by Crippen LogP contribution is -2.39. The third-order valence-electron chi connectivity index (χ3n) is 4.09. The zero-order valence-corrected chi connectivity index (χ0v) is 15.0. The molecule has 0 bridgehead atoms. The molecule has 1 unspecified atom stereocenters. The lowest BCUT2D eigenvalue weighted by Gasteiger charge is -2.21. The average Bonchev–Trinajstić information content (AvgIpc) is 2.90. The number of aromatic nitrogens is 1. The molecule has 0 saturated carbocycles. The summed E-state index contributed by atoms with van der Waals surface area (Å²) in [5, 5.41) is 2.85. The number of nitrogens with one attached hydrogen (secondary N) is 1. The van der Waals surface area contributed by atoms with Crippen molar-refractivity contribution in [1.29, 1.82) is 0 Å². The Morgan fingerprint density at radius 1 is 1.20 bits per heavy atom. The Kier molecular flexibility index (Phi) is 5.96. The maximum Gasteiger partial charge on any atom is 0.253 e. The molecule has 1 N–H and O–H groups in total. The molecule has 0 saturated heterocycles. The van der Waals surface area contributed by atoms with E-state index in [1.165, 1.54) is 17.0 Å². The van der Waals surface area contributed by atoms with Gasteiger partial charge in [0.25, 0.3) is 5.91 Å². The smallest absolute Gasteiger partial charge is 0.253 e. The fourth-order valence-electron chi connectivity index (χ4n) is 2.78. The maximum absolute atomic E-state index is 13.1. The molecule has 5 nitrogen and oxygen atoms in total. The zero-order valence-electron chi connectivity index (χ0n) is 15.0. The van der Waals surface area contributed by atoms with Crippen LogP contribution >= 0.6 is 0 Å². The average molecular weight is 345 g/mol. The Bertz CT molecular complexity index is 751. The molecule has 1 aromatic carbocycles. The van der Waals surface area contributed by atoms with Gasteiger partial charge in [0.1, 0.15) is 5.82 Å². The lowest BCUT2D eigenvalue weighted by atomic mass is 9.97. The first-order valence-electron chi connectivity index (χ1n) is 8.14. The predicted octanol–water partition coefficient (Wildman–Crippen LogP) is 2.15. The van der Waals surface area contributed by atoms with Gasteiger partial charge in [-0.1, -0.05) is 12.1 Å². The van der Waals surface area contributed by atoms with Crippen LogP contribution in [0.4, 0.5) is 4.39 Å². The number of nitrogens with zero attached hydrogens (tertiary/aromatic N) is 2. The predicted molar refractivity (Wildman–Crippen MR) is 94.8 cm³/mol. The number of hydrogen-bond donors (Lipinski definition) is 1. The number of benzene rings is 1.